The highest BCUT2D eigenvalue weighted by Gasteiger charge is 2.09. The number of carboxylic acids is 1. The van der Waals surface area contributed by atoms with Gasteiger partial charge in [-0.3, -0.25) is 0 Å². The van der Waals surface area contributed by atoms with E-state index in [2.05, 4.69) is 0 Å². The number of carboxylic acid groups (broad SMARTS) is 1. The molecule has 0 unspecified atom stereocenters. The topological polar surface area (TPSA) is 71.4 Å². The molecular formula is C10H14O4S. The van der Waals surface area contributed by atoms with Gasteiger partial charge in [0.2, 0.25) is 0 Å². The summed E-state index contributed by atoms with van der Waals surface area (Å²) in [6.07, 6.45) is 1.04. The van der Waals surface area contributed by atoms with Gasteiger partial charge in [-0.25, -0.2) is 13.2 Å². The van der Waals surface area contributed by atoms with Crippen LogP contribution in [-0.2, 0) is 9.84 Å². The molecule has 0 aromatic heterocycles. The molecule has 0 aliphatic carbocycles. The third-order valence-electron chi connectivity index (χ3n) is 1.51. The summed E-state index contributed by atoms with van der Waals surface area (Å²) in [5.74, 6) is -1.13. The third-order valence-corrected chi connectivity index (χ3v) is 2.62. The summed E-state index contributed by atoms with van der Waals surface area (Å²) in [4.78, 5) is 10.5. The summed E-state index contributed by atoms with van der Waals surface area (Å²) < 4.78 is 22.0. The van der Waals surface area contributed by atoms with E-state index in [1.54, 1.807) is 0 Å². The molecule has 0 aliphatic heterocycles. The lowest BCUT2D eigenvalue weighted by molar-refractivity contribution is 0.0696. The van der Waals surface area contributed by atoms with Crippen LogP contribution < -0.4 is 0 Å². The van der Waals surface area contributed by atoms with Crippen molar-refractivity contribution in [2.24, 2.45) is 0 Å². The van der Waals surface area contributed by atoms with Crippen molar-refractivity contribution in [3.8, 4) is 0 Å². The van der Waals surface area contributed by atoms with E-state index in [1.165, 1.54) is 18.2 Å². The van der Waals surface area contributed by atoms with Gasteiger partial charge in [0, 0.05) is 6.26 Å². The smallest absolute Gasteiger partial charge is 0.335 e. The van der Waals surface area contributed by atoms with Crippen molar-refractivity contribution < 1.29 is 18.3 Å². The van der Waals surface area contributed by atoms with Crippen LogP contribution in [0.4, 0.5) is 0 Å². The first-order valence-electron chi connectivity index (χ1n) is 4.44. The van der Waals surface area contributed by atoms with Crippen molar-refractivity contribution in [3.05, 3.63) is 29.8 Å². The zero-order valence-electron chi connectivity index (χ0n) is 8.89. The van der Waals surface area contributed by atoms with Crippen molar-refractivity contribution in [1.29, 1.82) is 0 Å². The third kappa shape index (κ3) is 4.12. The molecule has 0 saturated heterocycles. The predicted octanol–water partition coefficient (Wildman–Crippen LogP) is 1.81. The van der Waals surface area contributed by atoms with Gasteiger partial charge in [-0.15, -0.1) is 0 Å². The van der Waals surface area contributed by atoms with E-state index in [9.17, 15) is 13.2 Å². The highest BCUT2D eigenvalue weighted by atomic mass is 32.2. The van der Waals surface area contributed by atoms with E-state index in [-0.39, 0.29) is 10.5 Å². The minimum atomic E-state index is -3.32. The maximum atomic E-state index is 11.0. The zero-order chi connectivity index (χ0) is 12.1. The number of carbonyl (C=O) groups is 1. The Morgan fingerprint density at radius 3 is 2.20 bits per heavy atom. The fourth-order valence-electron chi connectivity index (χ4n) is 0.860. The molecule has 0 aliphatic rings. The van der Waals surface area contributed by atoms with E-state index in [0.717, 1.165) is 12.3 Å². The van der Waals surface area contributed by atoms with Crippen molar-refractivity contribution in [1.82, 2.24) is 0 Å². The molecule has 0 saturated carbocycles. The van der Waals surface area contributed by atoms with Gasteiger partial charge in [0.05, 0.1) is 10.5 Å². The standard InChI is InChI=1S/C8H8O4S.C2H6/c1-13(11,12)7-4-2-3-6(5-7)8(9)10;1-2/h2-5H,1H3,(H,9,10);1-2H3. The van der Waals surface area contributed by atoms with E-state index in [4.69, 9.17) is 5.11 Å². The second kappa shape index (κ2) is 5.50. The van der Waals surface area contributed by atoms with Gasteiger partial charge < -0.3 is 5.11 Å². The number of hydrogen-bond acceptors (Lipinski definition) is 3. The maximum absolute atomic E-state index is 11.0. The Hall–Kier alpha value is -1.36. The van der Waals surface area contributed by atoms with Crippen LogP contribution in [0.1, 0.15) is 24.2 Å². The zero-order valence-corrected chi connectivity index (χ0v) is 9.71. The molecule has 0 spiro atoms. The SMILES string of the molecule is CC.CS(=O)(=O)c1cccc(C(=O)O)c1. The summed E-state index contributed by atoms with van der Waals surface area (Å²) in [7, 11) is -3.32. The molecule has 84 valence electrons. The summed E-state index contributed by atoms with van der Waals surface area (Å²) in [6, 6.07) is 5.25. The first kappa shape index (κ1) is 13.6. The molecule has 0 radical (unpaired) electrons. The highest BCUT2D eigenvalue weighted by molar-refractivity contribution is 7.90. The number of rotatable bonds is 2. The molecule has 1 N–H and O–H groups in total. The van der Waals surface area contributed by atoms with Crippen molar-refractivity contribution in [2.45, 2.75) is 18.7 Å². The Balaban J connectivity index is 0.000000921. The lowest BCUT2D eigenvalue weighted by Crippen LogP contribution is -2.01. The minimum absolute atomic E-state index is 0.0207. The van der Waals surface area contributed by atoms with Crippen molar-refractivity contribution in [3.63, 3.8) is 0 Å². The largest absolute Gasteiger partial charge is 0.478 e. The number of hydrogen-bond donors (Lipinski definition) is 1. The fraction of sp³-hybridized carbons (Fsp3) is 0.300. The van der Waals surface area contributed by atoms with Crippen molar-refractivity contribution >= 4 is 15.8 Å². The number of benzene rings is 1. The van der Waals surface area contributed by atoms with Crippen LogP contribution in [0.15, 0.2) is 29.2 Å². The van der Waals surface area contributed by atoms with Crippen LogP contribution in [-0.4, -0.2) is 25.7 Å². The highest BCUT2D eigenvalue weighted by Crippen LogP contribution is 2.10. The summed E-state index contributed by atoms with van der Waals surface area (Å²) in [5.41, 5.74) is -0.0251. The van der Waals surface area contributed by atoms with Crippen LogP contribution in [0.3, 0.4) is 0 Å². The quantitative estimate of drug-likeness (QED) is 0.841. The van der Waals surface area contributed by atoms with Gasteiger partial charge in [0.1, 0.15) is 0 Å². The molecule has 1 rings (SSSR count). The van der Waals surface area contributed by atoms with Crippen LogP contribution in [0.25, 0.3) is 0 Å². The van der Waals surface area contributed by atoms with E-state index in [0.29, 0.717) is 0 Å². The molecule has 15 heavy (non-hydrogen) atoms. The second-order valence-electron chi connectivity index (χ2n) is 2.61. The van der Waals surface area contributed by atoms with Crippen LogP contribution in [0.2, 0.25) is 0 Å². The van der Waals surface area contributed by atoms with Crippen LogP contribution >= 0.6 is 0 Å². The average molecular weight is 230 g/mol. The van der Waals surface area contributed by atoms with Gasteiger partial charge in [0.25, 0.3) is 0 Å². The van der Waals surface area contributed by atoms with Crippen LogP contribution in [0.5, 0.6) is 0 Å². The number of aromatic carboxylic acids is 1. The summed E-state index contributed by atoms with van der Waals surface area (Å²) >= 11 is 0. The lowest BCUT2D eigenvalue weighted by Gasteiger charge is -1.98. The van der Waals surface area contributed by atoms with Gasteiger partial charge >= 0.3 is 5.97 Å². The molecule has 0 heterocycles. The Morgan fingerprint density at radius 2 is 1.80 bits per heavy atom. The maximum Gasteiger partial charge on any atom is 0.335 e. The normalized spacial score (nSPS) is 10.1. The van der Waals surface area contributed by atoms with Gasteiger partial charge in [-0.2, -0.15) is 0 Å². The van der Waals surface area contributed by atoms with Gasteiger partial charge in [-0.1, -0.05) is 19.9 Å². The second-order valence-corrected chi connectivity index (χ2v) is 4.62. The van der Waals surface area contributed by atoms with E-state index in [1.807, 2.05) is 13.8 Å². The summed E-state index contributed by atoms with van der Waals surface area (Å²) in [6.45, 7) is 4.00. The molecule has 5 heteroatoms. The summed E-state index contributed by atoms with van der Waals surface area (Å²) in [5, 5.41) is 8.58. The Labute approximate surface area is 89.5 Å². The molecule has 1 aromatic carbocycles. The Bertz CT molecular complexity index is 434. The molecule has 0 amide bonds. The molecular weight excluding hydrogens is 216 g/mol. The van der Waals surface area contributed by atoms with Crippen molar-refractivity contribution in [2.75, 3.05) is 6.26 Å². The van der Waals surface area contributed by atoms with Crippen LogP contribution in [0, 0.1) is 0 Å². The minimum Gasteiger partial charge on any atom is -0.478 e. The van der Waals surface area contributed by atoms with Gasteiger partial charge in [0.15, 0.2) is 9.84 Å². The molecule has 4 nitrogen and oxygen atoms in total. The molecule has 0 fully saturated rings. The molecule has 0 bridgehead atoms. The Kier molecular flexibility index (Phi) is 5.00. The first-order valence-corrected chi connectivity index (χ1v) is 6.34. The monoisotopic (exact) mass is 230 g/mol. The average Bonchev–Trinajstić information content (AvgIpc) is 2.20. The fourth-order valence-corrected chi connectivity index (χ4v) is 1.53. The Morgan fingerprint density at radius 1 is 1.27 bits per heavy atom. The molecule has 0 atom stereocenters. The van der Waals surface area contributed by atoms with Gasteiger partial charge in [-0.05, 0) is 18.2 Å². The van der Waals surface area contributed by atoms with E-state index < -0.39 is 15.8 Å². The molecule has 1 aromatic rings. The predicted molar refractivity (Wildman–Crippen MR) is 57.9 cm³/mol. The lowest BCUT2D eigenvalue weighted by atomic mass is 10.2. The first-order chi connectivity index (χ1) is 6.91. The number of sulfone groups is 1. The van der Waals surface area contributed by atoms with E-state index >= 15 is 0 Å².